The van der Waals surface area contributed by atoms with Crippen molar-refractivity contribution in [2.75, 3.05) is 26.2 Å². The van der Waals surface area contributed by atoms with Gasteiger partial charge in [-0.25, -0.2) is 0 Å². The summed E-state index contributed by atoms with van der Waals surface area (Å²) in [5.41, 5.74) is 1.27. The van der Waals surface area contributed by atoms with Crippen LogP contribution in [0.2, 0.25) is 0 Å². The Labute approximate surface area is 160 Å². The Kier molecular flexibility index (Phi) is 7.09. The molecule has 1 aromatic heterocycles. The number of hydrogen-bond donors (Lipinski definition) is 1. The summed E-state index contributed by atoms with van der Waals surface area (Å²) in [6, 6.07) is 12.4. The maximum atomic E-state index is 12.2. The first kappa shape index (κ1) is 18.9. The molecule has 0 spiro atoms. The number of ether oxygens (including phenoxy) is 1. The molecule has 1 amide bonds. The molecule has 1 fully saturated rings. The molecule has 1 aliphatic rings. The van der Waals surface area contributed by atoms with E-state index in [4.69, 9.17) is 4.74 Å². The zero-order valence-electron chi connectivity index (χ0n) is 15.4. The van der Waals surface area contributed by atoms with Crippen LogP contribution >= 0.6 is 11.3 Å². The Morgan fingerprint density at radius 3 is 2.62 bits per heavy atom. The lowest BCUT2D eigenvalue weighted by Gasteiger charge is -2.34. The van der Waals surface area contributed by atoms with Crippen LogP contribution in [0.1, 0.15) is 42.7 Å². The van der Waals surface area contributed by atoms with Crippen molar-refractivity contribution >= 4 is 17.2 Å². The smallest absolute Gasteiger partial charge is 0.258 e. The van der Waals surface area contributed by atoms with Crippen LogP contribution in [-0.2, 0) is 11.2 Å². The first-order chi connectivity index (χ1) is 12.8. The minimum absolute atomic E-state index is 0.0582. The van der Waals surface area contributed by atoms with Gasteiger partial charge in [-0.05, 0) is 61.5 Å². The van der Waals surface area contributed by atoms with Gasteiger partial charge in [-0.2, -0.15) is 0 Å². The van der Waals surface area contributed by atoms with Gasteiger partial charge in [-0.1, -0.05) is 31.5 Å². The van der Waals surface area contributed by atoms with E-state index in [9.17, 15) is 4.79 Å². The monoisotopic (exact) mass is 372 g/mol. The second kappa shape index (κ2) is 9.74. The fraction of sp³-hybridized carbons (Fsp3) is 0.476. The Balaban J connectivity index is 1.50. The van der Waals surface area contributed by atoms with Crippen LogP contribution in [0, 0.1) is 0 Å². The van der Waals surface area contributed by atoms with Crippen LogP contribution in [0.5, 0.6) is 5.75 Å². The van der Waals surface area contributed by atoms with Crippen molar-refractivity contribution in [3.63, 3.8) is 0 Å². The van der Waals surface area contributed by atoms with E-state index in [1.54, 1.807) is 11.3 Å². The maximum absolute atomic E-state index is 12.2. The zero-order chi connectivity index (χ0) is 18.2. The summed E-state index contributed by atoms with van der Waals surface area (Å²) in [6.07, 6.45) is 4.80. The molecule has 0 radical (unpaired) electrons. The van der Waals surface area contributed by atoms with E-state index in [1.165, 1.54) is 29.7 Å². The van der Waals surface area contributed by atoms with E-state index in [2.05, 4.69) is 34.7 Å². The average molecular weight is 373 g/mol. The highest BCUT2D eigenvalue weighted by Gasteiger charge is 2.23. The second-order valence-corrected chi connectivity index (χ2v) is 7.70. The van der Waals surface area contributed by atoms with Gasteiger partial charge in [0.25, 0.3) is 5.91 Å². The lowest BCUT2D eigenvalue weighted by Crippen LogP contribution is -2.41. The number of nitrogens with one attached hydrogen (secondary N) is 1. The molecule has 140 valence electrons. The quantitative estimate of drug-likeness (QED) is 0.761. The van der Waals surface area contributed by atoms with Crippen molar-refractivity contribution in [2.24, 2.45) is 0 Å². The third-order valence-corrected chi connectivity index (χ3v) is 5.87. The van der Waals surface area contributed by atoms with Gasteiger partial charge in [-0.3, -0.25) is 9.69 Å². The van der Waals surface area contributed by atoms with E-state index in [1.807, 2.05) is 24.3 Å². The number of benzene rings is 1. The molecule has 0 bridgehead atoms. The fourth-order valence-electron chi connectivity index (χ4n) is 3.35. The van der Waals surface area contributed by atoms with Gasteiger partial charge in [0.05, 0.1) is 6.04 Å². The molecule has 2 aromatic rings. The topological polar surface area (TPSA) is 41.6 Å². The van der Waals surface area contributed by atoms with E-state index >= 15 is 0 Å². The predicted molar refractivity (Wildman–Crippen MR) is 107 cm³/mol. The molecule has 26 heavy (non-hydrogen) atoms. The van der Waals surface area contributed by atoms with Crippen LogP contribution in [0.25, 0.3) is 0 Å². The number of rotatable bonds is 8. The number of aryl methyl sites for hydroxylation is 1. The number of hydrogen-bond acceptors (Lipinski definition) is 4. The number of likely N-dealkylation sites (tertiary alicyclic amines) is 1. The predicted octanol–water partition coefficient (Wildman–Crippen LogP) is 4.03. The van der Waals surface area contributed by atoms with Crippen LogP contribution in [-0.4, -0.2) is 37.0 Å². The summed E-state index contributed by atoms with van der Waals surface area (Å²) < 4.78 is 5.61. The van der Waals surface area contributed by atoms with Crippen molar-refractivity contribution in [1.82, 2.24) is 10.2 Å². The number of amides is 1. The lowest BCUT2D eigenvalue weighted by atomic mass is 10.1. The zero-order valence-corrected chi connectivity index (χ0v) is 16.3. The molecule has 3 rings (SSSR count). The van der Waals surface area contributed by atoms with Crippen molar-refractivity contribution in [3.8, 4) is 5.75 Å². The normalized spacial score (nSPS) is 16.2. The number of carbonyl (C=O) groups is 1. The fourth-order valence-corrected chi connectivity index (χ4v) is 4.21. The molecule has 2 heterocycles. The van der Waals surface area contributed by atoms with Gasteiger partial charge in [0.15, 0.2) is 6.61 Å². The Morgan fingerprint density at radius 2 is 1.96 bits per heavy atom. The van der Waals surface area contributed by atoms with Gasteiger partial charge in [0.2, 0.25) is 0 Å². The van der Waals surface area contributed by atoms with Gasteiger partial charge in [0, 0.05) is 11.4 Å². The Hall–Kier alpha value is -1.85. The number of thiophene rings is 1. The molecule has 4 nitrogen and oxygen atoms in total. The van der Waals surface area contributed by atoms with E-state index in [0.717, 1.165) is 25.3 Å². The van der Waals surface area contributed by atoms with Gasteiger partial charge in [0.1, 0.15) is 5.75 Å². The third kappa shape index (κ3) is 5.32. The number of nitrogens with zero attached hydrogens (tertiary/aromatic N) is 1. The summed E-state index contributed by atoms with van der Waals surface area (Å²) in [5, 5.41) is 5.17. The molecule has 1 saturated heterocycles. The standard InChI is InChI=1S/C21H28N2O2S/c1-2-17-8-10-18(11-9-17)25-16-21(24)22-15-19(20-7-6-14-26-20)23-12-4-3-5-13-23/h6-11,14,19H,2-5,12-13,15-16H2,1H3,(H,22,24)/t19-/m1/s1. The molecule has 1 aliphatic heterocycles. The van der Waals surface area contributed by atoms with Crippen LogP contribution in [0.3, 0.4) is 0 Å². The highest BCUT2D eigenvalue weighted by Crippen LogP contribution is 2.27. The minimum atomic E-state index is -0.0665. The summed E-state index contributed by atoms with van der Waals surface area (Å²) in [5.74, 6) is 0.673. The second-order valence-electron chi connectivity index (χ2n) is 6.72. The first-order valence-corrected chi connectivity index (χ1v) is 10.4. The Morgan fingerprint density at radius 1 is 1.19 bits per heavy atom. The van der Waals surface area contributed by atoms with E-state index < -0.39 is 0 Å². The van der Waals surface area contributed by atoms with Crippen molar-refractivity contribution in [1.29, 1.82) is 0 Å². The van der Waals surface area contributed by atoms with Gasteiger partial charge >= 0.3 is 0 Å². The maximum Gasteiger partial charge on any atom is 0.258 e. The summed E-state index contributed by atoms with van der Waals surface area (Å²) in [6.45, 7) is 5.03. The SMILES string of the molecule is CCc1ccc(OCC(=O)NC[C@H](c2cccs2)N2CCCCC2)cc1. The minimum Gasteiger partial charge on any atom is -0.484 e. The van der Waals surface area contributed by atoms with Gasteiger partial charge < -0.3 is 10.1 Å². The largest absolute Gasteiger partial charge is 0.484 e. The molecule has 0 unspecified atom stereocenters. The summed E-state index contributed by atoms with van der Waals surface area (Å²) in [7, 11) is 0. The van der Waals surface area contributed by atoms with Crippen molar-refractivity contribution < 1.29 is 9.53 Å². The molecular formula is C21H28N2O2S. The number of carbonyl (C=O) groups excluding carboxylic acids is 1. The third-order valence-electron chi connectivity index (χ3n) is 4.90. The van der Waals surface area contributed by atoms with Crippen LogP contribution in [0.4, 0.5) is 0 Å². The number of piperidine rings is 1. The molecular weight excluding hydrogens is 344 g/mol. The van der Waals surface area contributed by atoms with E-state index in [-0.39, 0.29) is 18.6 Å². The molecule has 1 atom stereocenters. The molecule has 0 aliphatic carbocycles. The molecule has 0 saturated carbocycles. The summed E-state index contributed by atoms with van der Waals surface area (Å²) in [4.78, 5) is 16.1. The van der Waals surface area contributed by atoms with Crippen molar-refractivity contribution in [3.05, 3.63) is 52.2 Å². The van der Waals surface area contributed by atoms with Gasteiger partial charge in [-0.15, -0.1) is 11.3 Å². The van der Waals surface area contributed by atoms with Crippen LogP contribution < -0.4 is 10.1 Å². The van der Waals surface area contributed by atoms with E-state index in [0.29, 0.717) is 6.54 Å². The molecule has 1 N–H and O–H groups in total. The van der Waals surface area contributed by atoms with Crippen molar-refractivity contribution in [2.45, 2.75) is 38.6 Å². The highest BCUT2D eigenvalue weighted by atomic mass is 32.1. The summed E-state index contributed by atoms with van der Waals surface area (Å²) >= 11 is 1.77. The Bertz CT molecular complexity index is 664. The molecule has 1 aromatic carbocycles. The lowest BCUT2D eigenvalue weighted by molar-refractivity contribution is -0.123. The highest BCUT2D eigenvalue weighted by molar-refractivity contribution is 7.10. The van der Waals surface area contributed by atoms with Crippen LogP contribution in [0.15, 0.2) is 41.8 Å². The molecule has 5 heteroatoms. The first-order valence-electron chi connectivity index (χ1n) is 9.52. The average Bonchev–Trinajstić information content (AvgIpc) is 3.22.